The number of phenols is 1. The number of carbonyl (C=O) groups is 1. The molecule has 0 atom stereocenters. The zero-order chi connectivity index (χ0) is 15.5. The highest BCUT2D eigenvalue weighted by Crippen LogP contribution is 2.29. The van der Waals surface area contributed by atoms with Crippen molar-refractivity contribution in [3.8, 4) is 5.75 Å². The Kier molecular flexibility index (Phi) is 4.12. The largest absolute Gasteiger partial charge is 0.508 e. The van der Waals surface area contributed by atoms with Gasteiger partial charge in [-0.15, -0.1) is 0 Å². The minimum absolute atomic E-state index is 0.0479. The summed E-state index contributed by atoms with van der Waals surface area (Å²) in [5.41, 5.74) is -0.231. The van der Waals surface area contributed by atoms with Gasteiger partial charge in [-0.2, -0.15) is 13.2 Å². The van der Waals surface area contributed by atoms with Crippen LogP contribution >= 0.6 is 0 Å². The quantitative estimate of drug-likeness (QED) is 0.676. The van der Waals surface area contributed by atoms with E-state index >= 15 is 0 Å². The molecule has 0 radical (unpaired) electrons. The van der Waals surface area contributed by atoms with Crippen molar-refractivity contribution in [3.05, 3.63) is 71.3 Å². The SMILES string of the molecule is O=C(C=Cc1cccc(C(F)(F)F)c1)c1cccc(O)c1. The van der Waals surface area contributed by atoms with Crippen LogP contribution in [0.5, 0.6) is 5.75 Å². The molecule has 0 heterocycles. The van der Waals surface area contributed by atoms with Crippen molar-refractivity contribution in [3.63, 3.8) is 0 Å². The molecule has 5 heteroatoms. The van der Waals surface area contributed by atoms with Gasteiger partial charge < -0.3 is 5.11 Å². The lowest BCUT2D eigenvalue weighted by molar-refractivity contribution is -0.137. The van der Waals surface area contributed by atoms with E-state index in [4.69, 9.17) is 0 Å². The Bertz CT molecular complexity index is 688. The molecule has 0 spiro atoms. The molecule has 0 fully saturated rings. The molecule has 2 aromatic rings. The number of carbonyl (C=O) groups excluding carboxylic acids is 1. The fraction of sp³-hybridized carbons (Fsp3) is 0.0625. The monoisotopic (exact) mass is 292 g/mol. The fourth-order valence-corrected chi connectivity index (χ4v) is 1.75. The van der Waals surface area contributed by atoms with Crippen LogP contribution in [-0.4, -0.2) is 10.9 Å². The Morgan fingerprint density at radius 3 is 2.43 bits per heavy atom. The lowest BCUT2D eigenvalue weighted by Gasteiger charge is -2.06. The molecule has 21 heavy (non-hydrogen) atoms. The van der Waals surface area contributed by atoms with Gasteiger partial charge in [0.25, 0.3) is 0 Å². The highest BCUT2D eigenvalue weighted by Gasteiger charge is 2.30. The van der Waals surface area contributed by atoms with Gasteiger partial charge in [0.2, 0.25) is 0 Å². The van der Waals surface area contributed by atoms with Gasteiger partial charge >= 0.3 is 6.18 Å². The van der Waals surface area contributed by atoms with Gasteiger partial charge in [0, 0.05) is 5.56 Å². The molecule has 0 saturated carbocycles. The lowest BCUT2D eigenvalue weighted by Crippen LogP contribution is -2.04. The maximum absolute atomic E-state index is 12.6. The summed E-state index contributed by atoms with van der Waals surface area (Å²) in [7, 11) is 0. The molecule has 0 aliphatic heterocycles. The lowest BCUT2D eigenvalue weighted by atomic mass is 10.1. The first-order valence-corrected chi connectivity index (χ1v) is 6.05. The van der Waals surface area contributed by atoms with Gasteiger partial charge in [-0.3, -0.25) is 4.79 Å². The second-order valence-electron chi connectivity index (χ2n) is 4.37. The number of ketones is 1. The van der Waals surface area contributed by atoms with Crippen LogP contribution in [0.25, 0.3) is 6.08 Å². The summed E-state index contributed by atoms with van der Waals surface area (Å²) in [4.78, 5) is 11.8. The number of halogens is 3. The molecule has 0 aliphatic rings. The molecule has 0 unspecified atom stereocenters. The van der Waals surface area contributed by atoms with E-state index in [1.165, 1.54) is 48.6 Å². The van der Waals surface area contributed by atoms with Crippen molar-refractivity contribution in [1.82, 2.24) is 0 Å². The molecular formula is C16H11F3O2. The normalized spacial score (nSPS) is 11.8. The molecule has 108 valence electrons. The van der Waals surface area contributed by atoms with Crippen molar-refractivity contribution < 1.29 is 23.1 Å². The van der Waals surface area contributed by atoms with Gasteiger partial charge in [0.15, 0.2) is 5.78 Å². The first kappa shape index (κ1) is 14.8. The number of rotatable bonds is 3. The van der Waals surface area contributed by atoms with E-state index in [0.29, 0.717) is 0 Å². The van der Waals surface area contributed by atoms with Crippen LogP contribution in [0.2, 0.25) is 0 Å². The van der Waals surface area contributed by atoms with Crippen LogP contribution in [0.3, 0.4) is 0 Å². The van der Waals surface area contributed by atoms with Crippen LogP contribution in [0, 0.1) is 0 Å². The fourth-order valence-electron chi connectivity index (χ4n) is 1.75. The number of aromatic hydroxyl groups is 1. The van der Waals surface area contributed by atoms with Gasteiger partial charge in [0.05, 0.1) is 5.56 Å². The molecule has 0 amide bonds. The smallest absolute Gasteiger partial charge is 0.416 e. The zero-order valence-corrected chi connectivity index (χ0v) is 10.8. The Hall–Kier alpha value is -2.56. The summed E-state index contributed by atoms with van der Waals surface area (Å²) < 4.78 is 37.7. The van der Waals surface area contributed by atoms with E-state index in [1.807, 2.05) is 0 Å². The number of phenolic OH excluding ortho intramolecular Hbond substituents is 1. The van der Waals surface area contributed by atoms with E-state index in [9.17, 15) is 23.1 Å². The summed E-state index contributed by atoms with van der Waals surface area (Å²) in [6.45, 7) is 0. The standard InChI is InChI=1S/C16H11F3O2/c17-16(18,19)13-5-1-3-11(9-13)7-8-15(21)12-4-2-6-14(20)10-12/h1-10,20H. The van der Waals surface area contributed by atoms with Gasteiger partial charge in [-0.05, 0) is 35.9 Å². The zero-order valence-electron chi connectivity index (χ0n) is 10.8. The first-order valence-electron chi connectivity index (χ1n) is 6.05. The number of hydrogen-bond acceptors (Lipinski definition) is 2. The van der Waals surface area contributed by atoms with E-state index < -0.39 is 17.5 Å². The van der Waals surface area contributed by atoms with Gasteiger partial charge in [-0.1, -0.05) is 30.3 Å². The van der Waals surface area contributed by atoms with E-state index in [2.05, 4.69) is 0 Å². The molecule has 0 aliphatic carbocycles. The molecule has 1 N–H and O–H groups in total. The molecule has 2 rings (SSSR count). The van der Waals surface area contributed by atoms with Crippen molar-refractivity contribution in [2.45, 2.75) is 6.18 Å². The van der Waals surface area contributed by atoms with Crippen LogP contribution in [0.15, 0.2) is 54.6 Å². The second kappa shape index (κ2) is 5.83. The van der Waals surface area contributed by atoms with Crippen LogP contribution in [0.1, 0.15) is 21.5 Å². The van der Waals surface area contributed by atoms with Crippen molar-refractivity contribution >= 4 is 11.9 Å². The molecule has 2 nitrogen and oxygen atoms in total. The third kappa shape index (κ3) is 3.95. The first-order chi connectivity index (χ1) is 9.86. The van der Waals surface area contributed by atoms with Crippen LogP contribution in [-0.2, 0) is 6.18 Å². The van der Waals surface area contributed by atoms with Gasteiger partial charge in [-0.25, -0.2) is 0 Å². The topological polar surface area (TPSA) is 37.3 Å². The Morgan fingerprint density at radius 1 is 1.05 bits per heavy atom. The predicted molar refractivity (Wildman–Crippen MR) is 72.9 cm³/mol. The Morgan fingerprint density at radius 2 is 1.76 bits per heavy atom. The Balaban J connectivity index is 2.20. The minimum atomic E-state index is -4.42. The number of allylic oxidation sites excluding steroid dienone is 1. The molecule has 2 aromatic carbocycles. The number of alkyl halides is 3. The second-order valence-corrected chi connectivity index (χ2v) is 4.37. The molecular weight excluding hydrogens is 281 g/mol. The highest BCUT2D eigenvalue weighted by molar-refractivity contribution is 6.07. The average molecular weight is 292 g/mol. The summed E-state index contributed by atoms with van der Waals surface area (Å²) in [5, 5.41) is 9.27. The summed E-state index contributed by atoms with van der Waals surface area (Å²) >= 11 is 0. The van der Waals surface area contributed by atoms with E-state index in [0.717, 1.165) is 12.1 Å². The number of benzene rings is 2. The molecule has 0 bridgehead atoms. The summed E-state index contributed by atoms with van der Waals surface area (Å²) in [6, 6.07) is 10.4. The van der Waals surface area contributed by atoms with E-state index in [-0.39, 0.29) is 16.9 Å². The van der Waals surface area contributed by atoms with Crippen molar-refractivity contribution in [2.75, 3.05) is 0 Å². The van der Waals surface area contributed by atoms with Crippen molar-refractivity contribution in [2.24, 2.45) is 0 Å². The Labute approximate surface area is 119 Å². The summed E-state index contributed by atoms with van der Waals surface area (Å²) in [6.07, 6.45) is -1.94. The highest BCUT2D eigenvalue weighted by atomic mass is 19.4. The predicted octanol–water partition coefficient (Wildman–Crippen LogP) is 4.31. The van der Waals surface area contributed by atoms with E-state index in [1.54, 1.807) is 0 Å². The number of hydrogen-bond donors (Lipinski definition) is 1. The minimum Gasteiger partial charge on any atom is -0.508 e. The molecule has 0 aromatic heterocycles. The average Bonchev–Trinajstić information content (AvgIpc) is 2.44. The third-order valence-corrected chi connectivity index (χ3v) is 2.77. The van der Waals surface area contributed by atoms with Crippen molar-refractivity contribution in [1.29, 1.82) is 0 Å². The van der Waals surface area contributed by atoms with Gasteiger partial charge in [0.1, 0.15) is 5.75 Å². The maximum Gasteiger partial charge on any atom is 0.416 e. The third-order valence-electron chi connectivity index (χ3n) is 2.77. The maximum atomic E-state index is 12.6. The van der Waals surface area contributed by atoms with Crippen LogP contribution in [0.4, 0.5) is 13.2 Å². The summed E-state index contributed by atoms with van der Waals surface area (Å²) in [5.74, 6) is -0.448. The van der Waals surface area contributed by atoms with Crippen LogP contribution < -0.4 is 0 Å². The molecule has 0 saturated heterocycles.